The molecule has 0 saturated heterocycles. The molecule has 0 spiro atoms. The first-order chi connectivity index (χ1) is 32.5. The number of ether oxygens (including phenoxy) is 2. The summed E-state index contributed by atoms with van der Waals surface area (Å²) in [5, 5.41) is 41.3. The number of carbonyl (C=O) groups is 3. The first-order valence-electron chi connectivity index (χ1n) is 25.1. The summed E-state index contributed by atoms with van der Waals surface area (Å²) in [6.45, 7) is 2.94. The molecule has 5 unspecified atom stereocenters. The minimum absolute atomic E-state index is 0.0413. The minimum atomic E-state index is -5.38. The number of phosphoric acid groups is 2. The summed E-state index contributed by atoms with van der Waals surface area (Å²) in [7, 11) is -10.7. The summed E-state index contributed by atoms with van der Waals surface area (Å²) in [6.07, 6.45) is 25.9. The fourth-order valence-electron chi connectivity index (χ4n) is 7.39. The zero-order chi connectivity index (χ0) is 50.5. The van der Waals surface area contributed by atoms with Gasteiger partial charge in [-0.15, -0.1) is 0 Å². The highest BCUT2D eigenvalue weighted by Crippen LogP contribution is 2.49. The first-order valence-corrected chi connectivity index (χ1v) is 28.2. The van der Waals surface area contributed by atoms with Gasteiger partial charge < -0.3 is 44.6 Å². The molecule has 0 radical (unpaired) electrons. The van der Waals surface area contributed by atoms with Crippen LogP contribution < -0.4 is 0 Å². The van der Waals surface area contributed by atoms with Crippen LogP contribution in [0.15, 0.2) is 48.6 Å². The summed E-state index contributed by atoms with van der Waals surface area (Å²) in [5.41, 5.74) is 0. The third-order valence-corrected chi connectivity index (χ3v) is 12.9. The Morgan fingerprint density at radius 2 is 0.985 bits per heavy atom. The molecule has 1 aliphatic rings. The Balaban J connectivity index is 2.58. The van der Waals surface area contributed by atoms with Crippen molar-refractivity contribution in [3.05, 3.63) is 48.6 Å². The second-order valence-electron chi connectivity index (χ2n) is 17.6. The van der Waals surface area contributed by atoms with Gasteiger partial charge in [0.1, 0.15) is 43.2 Å². The molecule has 19 heteroatoms. The predicted octanol–water partition coefficient (Wildman–Crippen LogP) is 9.25. The summed E-state index contributed by atoms with van der Waals surface area (Å²) in [4.78, 5) is 66.5. The third kappa shape index (κ3) is 33.3. The van der Waals surface area contributed by atoms with Gasteiger partial charge >= 0.3 is 27.6 Å². The summed E-state index contributed by atoms with van der Waals surface area (Å²) in [6, 6.07) is 0. The van der Waals surface area contributed by atoms with Crippen molar-refractivity contribution in [2.45, 2.75) is 230 Å². The maximum absolute atomic E-state index is 13.0. The highest BCUT2D eigenvalue weighted by atomic mass is 31.2. The number of ketones is 1. The van der Waals surface area contributed by atoms with Crippen LogP contribution >= 0.6 is 15.6 Å². The number of hydrogen-bond acceptors (Lipinski definition) is 14. The number of hydrogen-bond donors (Lipinski definition) is 7. The van der Waals surface area contributed by atoms with Gasteiger partial charge in [0.05, 0.1) is 6.61 Å². The van der Waals surface area contributed by atoms with Gasteiger partial charge in [-0.1, -0.05) is 146 Å². The molecule has 17 nitrogen and oxygen atoms in total. The van der Waals surface area contributed by atoms with Crippen molar-refractivity contribution < 1.29 is 81.7 Å². The van der Waals surface area contributed by atoms with E-state index in [4.69, 9.17) is 18.5 Å². The summed E-state index contributed by atoms with van der Waals surface area (Å²) in [5.74, 6) is -1.26. The van der Waals surface area contributed by atoms with E-state index in [0.717, 1.165) is 83.5 Å². The fourth-order valence-corrected chi connectivity index (χ4v) is 8.93. The number of phosphoric ester groups is 2. The van der Waals surface area contributed by atoms with Crippen molar-refractivity contribution in [3.63, 3.8) is 0 Å². The molecule has 1 rings (SSSR count). The molecular weight excluding hydrogens is 922 g/mol. The van der Waals surface area contributed by atoms with Gasteiger partial charge in [-0.3, -0.25) is 28.0 Å². The quantitative estimate of drug-likeness (QED) is 0.00749. The fraction of sp³-hybridized carbons (Fsp3) is 0.776. The monoisotopic (exact) mass is 1010 g/mol. The van der Waals surface area contributed by atoms with Crippen molar-refractivity contribution in [1.29, 1.82) is 0 Å². The molecule has 394 valence electrons. The zero-order valence-corrected chi connectivity index (χ0v) is 42.6. The van der Waals surface area contributed by atoms with Gasteiger partial charge in [-0.2, -0.15) is 0 Å². The molecule has 0 bridgehead atoms. The van der Waals surface area contributed by atoms with Crippen molar-refractivity contribution in [3.8, 4) is 0 Å². The van der Waals surface area contributed by atoms with Crippen molar-refractivity contribution >= 4 is 33.4 Å². The standard InChI is InChI=1S/C49H86O17P2/c1-3-5-7-9-11-12-13-14-15-16-17-18-19-20-21-22-24-28-32-36-42(51)62-38-41(64-43(52)37-33-29-25-27-31-35-40(50)34-30-26-23-10-8-6-4-2)39-63-68(60,61)66-49-46(55)44(53)45(54)48(47(49)56)65-67(57,58)59/h11-12,14-15,23,26,30,34,41,44-49,53-56H,3-10,13,16-22,24-25,27-29,31-33,35-39H2,1-2H3,(H,60,61)(H2,57,58,59)/b12-11-,15-14-,26-23-,34-30+/t41-,44?,45?,46?,47?,48-,49+/m1/s1. The van der Waals surface area contributed by atoms with Gasteiger partial charge in [-0.25, -0.2) is 9.13 Å². The molecule has 0 aliphatic heterocycles. The van der Waals surface area contributed by atoms with Crippen molar-refractivity contribution in [2.24, 2.45) is 0 Å². The van der Waals surface area contributed by atoms with Gasteiger partial charge in [0, 0.05) is 19.3 Å². The Labute approximate surface area is 405 Å². The predicted molar refractivity (Wildman–Crippen MR) is 260 cm³/mol. The SMILES string of the molecule is CCCCC/C=C\C=C\C(=O)CCCCCCCC(=O)O[C@H](COC(=O)CCCCCCCCCCC/C=C\C/C=C\CCCCC)COP(=O)(O)O[C@H]1C(O)C(O)C(O)[C@@H](OP(=O)(O)O)C1O. The molecule has 7 N–H and O–H groups in total. The number of allylic oxidation sites excluding steroid dienone is 8. The van der Waals surface area contributed by atoms with E-state index < -0.39 is 83.5 Å². The Morgan fingerprint density at radius 3 is 1.53 bits per heavy atom. The van der Waals surface area contributed by atoms with Crippen LogP contribution in [0, 0.1) is 0 Å². The van der Waals surface area contributed by atoms with Gasteiger partial charge in [0.2, 0.25) is 0 Å². The Bertz CT molecular complexity index is 1560. The Hall–Kier alpha value is -2.37. The molecular formula is C49H86O17P2. The van der Waals surface area contributed by atoms with Crippen molar-refractivity contribution in [2.75, 3.05) is 13.2 Å². The number of rotatable bonds is 42. The maximum atomic E-state index is 13.0. The largest absolute Gasteiger partial charge is 0.472 e. The molecule has 0 aromatic carbocycles. The summed E-state index contributed by atoms with van der Waals surface area (Å²) >= 11 is 0. The average molecular weight is 1010 g/mol. The normalized spacial score (nSPS) is 21.5. The second-order valence-corrected chi connectivity index (χ2v) is 20.2. The number of unbranched alkanes of at least 4 members (excludes halogenated alkanes) is 19. The summed E-state index contributed by atoms with van der Waals surface area (Å²) < 4.78 is 49.4. The van der Waals surface area contributed by atoms with E-state index in [1.807, 2.05) is 6.08 Å². The molecule has 1 saturated carbocycles. The molecule has 68 heavy (non-hydrogen) atoms. The van der Waals surface area contributed by atoms with E-state index in [1.54, 1.807) is 12.2 Å². The van der Waals surface area contributed by atoms with Crippen LogP contribution in [0.1, 0.15) is 187 Å². The zero-order valence-electron chi connectivity index (χ0n) is 40.8. The number of aliphatic hydroxyl groups is 4. The van der Waals surface area contributed by atoms with E-state index in [9.17, 15) is 58.6 Å². The van der Waals surface area contributed by atoms with Crippen LogP contribution in [0.25, 0.3) is 0 Å². The topological polar surface area (TPSA) is 273 Å². The van der Waals surface area contributed by atoms with E-state index >= 15 is 0 Å². The number of carbonyl (C=O) groups excluding carboxylic acids is 3. The van der Waals surface area contributed by atoms with Gasteiger partial charge in [0.15, 0.2) is 11.9 Å². The highest BCUT2D eigenvalue weighted by molar-refractivity contribution is 7.47. The average Bonchev–Trinajstić information content (AvgIpc) is 3.29. The lowest BCUT2D eigenvalue weighted by Gasteiger charge is -2.43. The lowest BCUT2D eigenvalue weighted by atomic mass is 9.85. The molecule has 0 aromatic rings. The van der Waals surface area contributed by atoms with E-state index in [2.05, 4.69) is 48.8 Å². The smallest absolute Gasteiger partial charge is 0.462 e. The van der Waals surface area contributed by atoms with Crippen LogP contribution in [0.4, 0.5) is 0 Å². The minimum Gasteiger partial charge on any atom is -0.462 e. The van der Waals surface area contributed by atoms with Gasteiger partial charge in [-0.05, 0) is 70.3 Å². The van der Waals surface area contributed by atoms with E-state index in [0.29, 0.717) is 32.1 Å². The molecule has 0 amide bonds. The van der Waals surface area contributed by atoms with Crippen LogP contribution in [0.3, 0.4) is 0 Å². The molecule has 1 fully saturated rings. The lowest BCUT2D eigenvalue weighted by Crippen LogP contribution is -2.64. The third-order valence-electron chi connectivity index (χ3n) is 11.4. The van der Waals surface area contributed by atoms with Crippen LogP contribution in [-0.2, 0) is 46.6 Å². The number of aliphatic hydroxyl groups excluding tert-OH is 4. The van der Waals surface area contributed by atoms with Crippen LogP contribution in [0.5, 0.6) is 0 Å². The molecule has 0 heterocycles. The Kier molecular flexibility index (Phi) is 36.8. The van der Waals surface area contributed by atoms with Gasteiger partial charge in [0.25, 0.3) is 0 Å². The van der Waals surface area contributed by atoms with Crippen LogP contribution in [-0.4, -0.2) is 109 Å². The number of esters is 2. The van der Waals surface area contributed by atoms with Crippen LogP contribution in [0.2, 0.25) is 0 Å². The maximum Gasteiger partial charge on any atom is 0.472 e. The van der Waals surface area contributed by atoms with E-state index in [-0.39, 0.29) is 18.6 Å². The highest BCUT2D eigenvalue weighted by Gasteiger charge is 2.54. The molecule has 1 aliphatic carbocycles. The lowest BCUT2D eigenvalue weighted by molar-refractivity contribution is -0.216. The van der Waals surface area contributed by atoms with Crippen molar-refractivity contribution in [1.82, 2.24) is 0 Å². The molecule has 8 atom stereocenters. The Morgan fingerprint density at radius 1 is 0.515 bits per heavy atom. The second kappa shape index (κ2) is 39.3. The first kappa shape index (κ1) is 63.6. The molecule has 0 aromatic heterocycles. The van der Waals surface area contributed by atoms with E-state index in [1.165, 1.54) is 44.9 Å².